The molecule has 8 heteroatoms. The molecule has 0 N–H and O–H groups in total. The summed E-state index contributed by atoms with van der Waals surface area (Å²) in [6, 6.07) is 4.48. The average molecular weight is 464 g/mol. The van der Waals surface area contributed by atoms with Crippen LogP contribution < -0.4 is 0 Å². The largest absolute Gasteiger partial charge is 0.356 e. The fraction of sp³-hybridized carbons (Fsp3) is 0.625. The van der Waals surface area contributed by atoms with Gasteiger partial charge in [0.2, 0.25) is 11.8 Å². The van der Waals surface area contributed by atoms with Crippen LogP contribution in [0.15, 0.2) is 22.7 Å². The number of imide groups is 1. The van der Waals surface area contributed by atoms with Gasteiger partial charge in [-0.2, -0.15) is 0 Å². The molecule has 0 radical (unpaired) electrons. The zero-order valence-electron chi connectivity index (χ0n) is 18.3. The van der Waals surface area contributed by atoms with E-state index in [4.69, 9.17) is 4.52 Å². The summed E-state index contributed by atoms with van der Waals surface area (Å²) in [5, 5.41) is 4.96. The molecule has 2 saturated heterocycles. The Labute approximate surface area is 193 Å². The first-order chi connectivity index (χ1) is 15.1. The smallest absolute Gasteiger partial charge is 0.234 e. The number of carbonyl (C=O) groups excluding carboxylic acids is 2. The molecule has 32 heavy (non-hydrogen) atoms. The van der Waals surface area contributed by atoms with Crippen molar-refractivity contribution >= 4 is 35.2 Å². The van der Waals surface area contributed by atoms with Crippen molar-refractivity contribution in [1.29, 1.82) is 0 Å². The summed E-state index contributed by atoms with van der Waals surface area (Å²) in [5.41, 5.74) is 1.26. The van der Waals surface area contributed by atoms with Crippen molar-refractivity contribution in [2.75, 3.05) is 13.1 Å². The van der Waals surface area contributed by atoms with Gasteiger partial charge in [-0.25, -0.2) is 4.39 Å². The number of rotatable bonds is 6. The second-order valence-corrected chi connectivity index (χ2v) is 9.28. The quantitative estimate of drug-likeness (QED) is 0.581. The van der Waals surface area contributed by atoms with Crippen molar-refractivity contribution in [3.63, 3.8) is 0 Å². The number of piperidine rings is 1. The Bertz CT molecular complexity index is 951. The number of amides is 2. The van der Waals surface area contributed by atoms with E-state index >= 15 is 0 Å². The third-order valence-electron chi connectivity index (χ3n) is 7.37. The van der Waals surface area contributed by atoms with E-state index in [0.717, 1.165) is 75.5 Å². The van der Waals surface area contributed by atoms with Gasteiger partial charge < -0.3 is 4.52 Å². The van der Waals surface area contributed by atoms with E-state index in [9.17, 15) is 14.0 Å². The molecule has 5 rings (SSSR count). The molecule has 1 aromatic carbocycles. The number of aromatic nitrogens is 1. The third kappa shape index (κ3) is 4.29. The van der Waals surface area contributed by atoms with Crippen molar-refractivity contribution in [1.82, 2.24) is 15.0 Å². The van der Waals surface area contributed by atoms with Gasteiger partial charge in [0.05, 0.1) is 23.7 Å². The molecule has 1 aliphatic carbocycles. The third-order valence-corrected chi connectivity index (χ3v) is 7.37. The Morgan fingerprint density at radius 1 is 1.03 bits per heavy atom. The summed E-state index contributed by atoms with van der Waals surface area (Å²) in [6.07, 6.45) is 9.23. The number of carbonyl (C=O) groups is 2. The normalized spacial score (nSPS) is 25.1. The molecule has 3 fully saturated rings. The molecule has 0 spiro atoms. The second kappa shape index (κ2) is 9.87. The number of halogens is 2. The Morgan fingerprint density at radius 3 is 2.41 bits per heavy atom. The zero-order valence-corrected chi connectivity index (χ0v) is 19.1. The molecule has 174 valence electrons. The molecule has 0 bridgehead atoms. The van der Waals surface area contributed by atoms with E-state index in [-0.39, 0.29) is 48.0 Å². The maximum Gasteiger partial charge on any atom is 0.234 e. The summed E-state index contributed by atoms with van der Waals surface area (Å²) in [6.45, 7) is 1.87. The lowest BCUT2D eigenvalue weighted by molar-refractivity contribution is -0.148. The van der Waals surface area contributed by atoms with Gasteiger partial charge in [0, 0.05) is 24.5 Å². The molecule has 2 amide bonds. The summed E-state index contributed by atoms with van der Waals surface area (Å²) in [5.74, 6) is -0.459. The van der Waals surface area contributed by atoms with Crippen LogP contribution in [-0.2, 0) is 16.0 Å². The van der Waals surface area contributed by atoms with Crippen LogP contribution in [0.2, 0.25) is 0 Å². The minimum Gasteiger partial charge on any atom is -0.356 e. The molecule has 3 heterocycles. The van der Waals surface area contributed by atoms with Gasteiger partial charge >= 0.3 is 0 Å². The van der Waals surface area contributed by atoms with E-state index in [1.54, 1.807) is 11.0 Å². The number of hydrogen-bond donors (Lipinski definition) is 0. The fourth-order valence-corrected chi connectivity index (χ4v) is 5.77. The van der Waals surface area contributed by atoms with Gasteiger partial charge in [-0.1, -0.05) is 24.4 Å². The zero-order chi connectivity index (χ0) is 21.4. The van der Waals surface area contributed by atoms with Gasteiger partial charge in [0.25, 0.3) is 0 Å². The van der Waals surface area contributed by atoms with E-state index in [1.165, 1.54) is 18.6 Å². The maximum absolute atomic E-state index is 13.4. The van der Waals surface area contributed by atoms with Crippen LogP contribution in [-0.4, -0.2) is 46.0 Å². The predicted molar refractivity (Wildman–Crippen MR) is 121 cm³/mol. The minimum atomic E-state index is -0.340. The highest BCUT2D eigenvalue weighted by Gasteiger charge is 2.51. The summed E-state index contributed by atoms with van der Waals surface area (Å²) in [7, 11) is 0. The molecule has 6 nitrogen and oxygen atoms in total. The number of likely N-dealkylation sites (tertiary alicyclic amines) is 2. The highest BCUT2D eigenvalue weighted by Crippen LogP contribution is 2.40. The van der Waals surface area contributed by atoms with Crippen LogP contribution >= 0.6 is 12.4 Å². The molecule has 1 aromatic heterocycles. The summed E-state index contributed by atoms with van der Waals surface area (Å²) in [4.78, 5) is 30.5. The molecule has 3 unspecified atom stereocenters. The Balaban J connectivity index is 0.00000245. The maximum atomic E-state index is 13.4. The first-order valence-corrected chi connectivity index (χ1v) is 11.8. The van der Waals surface area contributed by atoms with Crippen LogP contribution in [0.25, 0.3) is 11.0 Å². The lowest BCUT2D eigenvalue weighted by Gasteiger charge is -2.39. The number of nitrogens with zero attached hydrogens (tertiary/aromatic N) is 3. The number of benzene rings is 1. The standard InChI is InChI=1S/C24H30FN3O3.ClH/c25-16-11-12-19-20(26-31-21(19)15-16)9-6-10-22(27-13-4-1-5-14-27)28-23(29)17-7-2-3-8-18(17)24(28)30;/h11-12,15,17-18,22H,1-10,13-14H2;1H. The Kier molecular flexibility index (Phi) is 7.15. The Hall–Kier alpha value is -1.99. The predicted octanol–water partition coefficient (Wildman–Crippen LogP) is 4.70. The van der Waals surface area contributed by atoms with Gasteiger partial charge in [0.15, 0.2) is 5.58 Å². The van der Waals surface area contributed by atoms with Crippen LogP contribution in [0.5, 0.6) is 0 Å². The highest BCUT2D eigenvalue weighted by molar-refractivity contribution is 6.05. The number of aryl methyl sites for hydroxylation is 1. The number of hydrogen-bond acceptors (Lipinski definition) is 5. The van der Waals surface area contributed by atoms with Crippen molar-refractivity contribution in [3.05, 3.63) is 29.7 Å². The van der Waals surface area contributed by atoms with Crippen LogP contribution in [0, 0.1) is 17.7 Å². The molecule has 2 aliphatic heterocycles. The van der Waals surface area contributed by atoms with Crippen molar-refractivity contribution in [3.8, 4) is 0 Å². The first kappa shape index (κ1) is 23.2. The van der Waals surface area contributed by atoms with Crippen LogP contribution in [0.4, 0.5) is 4.39 Å². The van der Waals surface area contributed by atoms with E-state index < -0.39 is 0 Å². The second-order valence-electron chi connectivity index (χ2n) is 9.28. The topological polar surface area (TPSA) is 66.7 Å². The molecule has 1 saturated carbocycles. The van der Waals surface area contributed by atoms with Gasteiger partial charge in [-0.15, -0.1) is 12.4 Å². The molecule has 3 atom stereocenters. The monoisotopic (exact) mass is 463 g/mol. The lowest BCUT2D eigenvalue weighted by Crippen LogP contribution is -2.53. The van der Waals surface area contributed by atoms with Gasteiger partial charge in [-0.05, 0) is 57.1 Å². The fourth-order valence-electron chi connectivity index (χ4n) is 5.77. The SMILES string of the molecule is Cl.O=C1C2CCCCC2C(=O)N1C(CCCc1noc2cc(F)ccc12)N1CCCCC1. The first-order valence-electron chi connectivity index (χ1n) is 11.8. The van der Waals surface area contributed by atoms with Crippen molar-refractivity contribution in [2.45, 2.75) is 70.4 Å². The van der Waals surface area contributed by atoms with E-state index in [1.807, 2.05) is 0 Å². The molecule has 2 aromatic rings. The van der Waals surface area contributed by atoms with Crippen molar-refractivity contribution < 1.29 is 18.5 Å². The molecular formula is C24H31ClFN3O3. The summed E-state index contributed by atoms with van der Waals surface area (Å²) < 4.78 is 18.7. The van der Waals surface area contributed by atoms with E-state index in [0.29, 0.717) is 12.0 Å². The minimum absolute atomic E-state index is 0. The Morgan fingerprint density at radius 2 is 1.72 bits per heavy atom. The van der Waals surface area contributed by atoms with Gasteiger partial charge in [0.1, 0.15) is 5.82 Å². The molecular weight excluding hydrogens is 433 g/mol. The van der Waals surface area contributed by atoms with E-state index in [2.05, 4.69) is 10.1 Å². The lowest BCUT2D eigenvalue weighted by atomic mass is 9.81. The van der Waals surface area contributed by atoms with Crippen LogP contribution in [0.3, 0.4) is 0 Å². The summed E-state index contributed by atoms with van der Waals surface area (Å²) >= 11 is 0. The highest BCUT2D eigenvalue weighted by atomic mass is 35.5. The van der Waals surface area contributed by atoms with Gasteiger partial charge in [-0.3, -0.25) is 19.4 Å². The van der Waals surface area contributed by atoms with Crippen molar-refractivity contribution in [2.24, 2.45) is 11.8 Å². The molecule has 3 aliphatic rings. The van der Waals surface area contributed by atoms with Crippen LogP contribution in [0.1, 0.15) is 63.5 Å². The average Bonchev–Trinajstić information content (AvgIpc) is 3.30. The number of fused-ring (bicyclic) bond motifs is 2.